The largest absolute Gasteiger partial charge is 0.657 e. The highest BCUT2D eigenvalue weighted by Crippen LogP contribution is 2.23. The summed E-state index contributed by atoms with van der Waals surface area (Å²) in [5, 5.41) is 2.50. The minimum atomic E-state index is 1.09. The average Bonchev–Trinajstić information content (AvgIpc) is 3.17. The quantitative estimate of drug-likeness (QED) is 0.277. The first kappa shape index (κ1) is 24.5. The molecule has 0 spiro atoms. The third-order valence-corrected chi connectivity index (χ3v) is 6.28. The second-order valence-electron chi connectivity index (χ2n) is 8.80. The Kier molecular flexibility index (Phi) is 11.0. The highest BCUT2D eigenvalue weighted by Gasteiger charge is 2.24. The molecule has 2 nitrogen and oxygen atoms in total. The van der Waals surface area contributed by atoms with E-state index in [1.54, 1.807) is 0 Å². The van der Waals surface area contributed by atoms with Crippen LogP contribution in [0.5, 0.6) is 0 Å². The van der Waals surface area contributed by atoms with Gasteiger partial charge >= 0.3 is 0 Å². The molecular weight excluding hydrogens is 364 g/mol. The maximum atomic E-state index is 4.52. The van der Waals surface area contributed by atoms with E-state index in [4.69, 9.17) is 0 Å². The first-order chi connectivity index (χ1) is 14.7. The molecular formula is C28H44N2. The van der Waals surface area contributed by atoms with Crippen LogP contribution in [-0.4, -0.2) is 30.7 Å². The molecule has 0 radical (unpaired) electrons. The van der Waals surface area contributed by atoms with Crippen LogP contribution in [0.4, 0.5) is 0 Å². The van der Waals surface area contributed by atoms with Crippen molar-refractivity contribution in [1.82, 2.24) is 4.98 Å². The van der Waals surface area contributed by atoms with Crippen LogP contribution in [0.25, 0.3) is 21.8 Å². The third-order valence-electron chi connectivity index (χ3n) is 6.28. The summed E-state index contributed by atoms with van der Waals surface area (Å²) in [5.41, 5.74) is 2.17. The number of hydrogen-bond donors (Lipinski definition) is 0. The van der Waals surface area contributed by atoms with E-state index >= 15 is 0 Å². The number of unbranched alkanes of at least 4 members (excludes halogenated alkanes) is 4. The van der Waals surface area contributed by atoms with Gasteiger partial charge in [0.05, 0.1) is 26.2 Å². The van der Waals surface area contributed by atoms with Gasteiger partial charge in [0.25, 0.3) is 0 Å². The molecule has 3 rings (SSSR count). The predicted molar refractivity (Wildman–Crippen MR) is 134 cm³/mol. The molecule has 3 aromatic rings. The molecule has 0 atom stereocenters. The molecule has 0 saturated heterocycles. The van der Waals surface area contributed by atoms with E-state index in [9.17, 15) is 0 Å². The molecule has 0 saturated carbocycles. The summed E-state index contributed by atoms with van der Waals surface area (Å²) < 4.78 is 1.42. The fourth-order valence-electron chi connectivity index (χ4n) is 4.37. The van der Waals surface area contributed by atoms with Crippen molar-refractivity contribution in [2.45, 2.75) is 79.1 Å². The van der Waals surface area contributed by atoms with E-state index in [0.717, 1.165) is 11.0 Å². The van der Waals surface area contributed by atoms with Crippen LogP contribution in [0.1, 0.15) is 79.1 Å². The number of benzene rings is 2. The Morgan fingerprint density at radius 3 is 1.20 bits per heavy atom. The first-order valence-electron chi connectivity index (χ1n) is 12.4. The van der Waals surface area contributed by atoms with E-state index in [0.29, 0.717) is 0 Å². The van der Waals surface area contributed by atoms with E-state index < -0.39 is 0 Å². The van der Waals surface area contributed by atoms with Crippen molar-refractivity contribution < 1.29 is 4.48 Å². The molecule has 1 heterocycles. The van der Waals surface area contributed by atoms with Gasteiger partial charge in [-0.2, -0.15) is 0 Å². The number of aromatic nitrogens is 1. The highest BCUT2D eigenvalue weighted by molar-refractivity contribution is 6.06. The summed E-state index contributed by atoms with van der Waals surface area (Å²) in [6, 6.07) is 16.5. The molecule has 0 fully saturated rings. The molecule has 0 N–H and O–H groups in total. The molecule has 2 aromatic carbocycles. The Bertz CT molecular complexity index is 745. The summed E-state index contributed by atoms with van der Waals surface area (Å²) in [4.78, 5) is 4.52. The molecule has 0 aliphatic heterocycles. The van der Waals surface area contributed by atoms with Gasteiger partial charge in [0.2, 0.25) is 0 Å². The number of fused-ring (bicyclic) bond motifs is 3. The van der Waals surface area contributed by atoms with E-state index in [1.807, 2.05) is 12.1 Å². The summed E-state index contributed by atoms with van der Waals surface area (Å²) in [5.74, 6) is 0. The summed E-state index contributed by atoms with van der Waals surface area (Å²) in [6.45, 7) is 15.0. The third kappa shape index (κ3) is 7.16. The zero-order valence-electron chi connectivity index (χ0n) is 20.0. The SMILES string of the molecule is CCCC[N+](CCCC)(CCCC)CCCC.c1ccc2c(c1)[n-]c1ccccc12. The van der Waals surface area contributed by atoms with Gasteiger partial charge in [0, 0.05) is 0 Å². The standard InChI is InChI=1S/C16H36N.C12H8N/c1-5-9-13-17(14-10-6-2,15-11-7-3)16-12-8-4;1-3-7-11-9(5-1)10-6-2-4-8-12(10)13-11/h5-16H2,1-4H3;1-8H/q+1;-1. The highest BCUT2D eigenvalue weighted by atomic mass is 15.3. The molecule has 0 aliphatic carbocycles. The van der Waals surface area contributed by atoms with Crippen LogP contribution in [0.15, 0.2) is 48.5 Å². The smallest absolute Gasteiger partial charge is 0.0786 e. The lowest BCUT2D eigenvalue weighted by Gasteiger charge is -2.39. The fourth-order valence-corrected chi connectivity index (χ4v) is 4.37. The van der Waals surface area contributed by atoms with Gasteiger partial charge in [-0.05, 0) is 36.5 Å². The van der Waals surface area contributed by atoms with Crippen molar-refractivity contribution in [1.29, 1.82) is 0 Å². The molecule has 30 heavy (non-hydrogen) atoms. The Labute approximate surface area is 185 Å². The van der Waals surface area contributed by atoms with Gasteiger partial charge < -0.3 is 9.47 Å². The van der Waals surface area contributed by atoms with Crippen molar-refractivity contribution in [3.05, 3.63) is 48.5 Å². The van der Waals surface area contributed by atoms with Crippen LogP contribution in [0, 0.1) is 0 Å². The number of nitrogens with zero attached hydrogens (tertiary/aromatic N) is 2. The maximum absolute atomic E-state index is 4.52. The normalized spacial score (nSPS) is 11.6. The maximum Gasteiger partial charge on any atom is 0.0786 e. The van der Waals surface area contributed by atoms with Gasteiger partial charge in [-0.3, -0.25) is 0 Å². The average molecular weight is 409 g/mol. The van der Waals surface area contributed by atoms with Crippen LogP contribution in [0.3, 0.4) is 0 Å². The van der Waals surface area contributed by atoms with Crippen LogP contribution < -0.4 is 4.98 Å². The van der Waals surface area contributed by atoms with Crippen molar-refractivity contribution >= 4 is 21.8 Å². The van der Waals surface area contributed by atoms with Crippen LogP contribution in [-0.2, 0) is 0 Å². The fraction of sp³-hybridized carbons (Fsp3) is 0.571. The van der Waals surface area contributed by atoms with Crippen LogP contribution in [0.2, 0.25) is 0 Å². The number of quaternary nitrogens is 1. The summed E-state index contributed by atoms with van der Waals surface area (Å²) in [7, 11) is 0. The van der Waals surface area contributed by atoms with E-state index in [2.05, 4.69) is 69.1 Å². The lowest BCUT2D eigenvalue weighted by Crippen LogP contribution is -2.50. The zero-order valence-corrected chi connectivity index (χ0v) is 20.0. The van der Waals surface area contributed by atoms with Gasteiger partial charge in [0.1, 0.15) is 0 Å². The van der Waals surface area contributed by atoms with Crippen molar-refractivity contribution in [3.8, 4) is 0 Å². The van der Waals surface area contributed by atoms with Crippen molar-refractivity contribution in [2.75, 3.05) is 26.2 Å². The summed E-state index contributed by atoms with van der Waals surface area (Å²) in [6.07, 6.45) is 11.1. The zero-order chi connectivity index (χ0) is 21.7. The molecule has 0 aliphatic rings. The lowest BCUT2D eigenvalue weighted by atomic mass is 10.1. The molecule has 0 amide bonds. The minimum absolute atomic E-state index is 1.09. The monoisotopic (exact) mass is 408 g/mol. The minimum Gasteiger partial charge on any atom is -0.657 e. The molecule has 0 bridgehead atoms. The number of rotatable bonds is 12. The summed E-state index contributed by atoms with van der Waals surface area (Å²) >= 11 is 0. The molecule has 166 valence electrons. The molecule has 0 unspecified atom stereocenters. The van der Waals surface area contributed by atoms with Gasteiger partial charge in [-0.15, -0.1) is 11.0 Å². The number of hydrogen-bond acceptors (Lipinski definition) is 0. The van der Waals surface area contributed by atoms with Crippen LogP contribution >= 0.6 is 0 Å². The Morgan fingerprint density at radius 2 is 0.867 bits per heavy atom. The molecule has 2 heteroatoms. The van der Waals surface area contributed by atoms with E-state index in [1.165, 1.54) is 92.8 Å². The second kappa shape index (κ2) is 13.5. The van der Waals surface area contributed by atoms with Crippen molar-refractivity contribution in [2.24, 2.45) is 0 Å². The van der Waals surface area contributed by atoms with Gasteiger partial charge in [-0.1, -0.05) is 102 Å². The Balaban J connectivity index is 0.000000218. The second-order valence-corrected chi connectivity index (χ2v) is 8.80. The van der Waals surface area contributed by atoms with Crippen molar-refractivity contribution in [3.63, 3.8) is 0 Å². The molecule has 1 aromatic heterocycles. The number of para-hydroxylation sites is 2. The Morgan fingerprint density at radius 1 is 0.533 bits per heavy atom. The lowest BCUT2D eigenvalue weighted by molar-refractivity contribution is -0.929. The van der Waals surface area contributed by atoms with Gasteiger partial charge in [-0.25, -0.2) is 0 Å². The Hall–Kier alpha value is -1.80. The first-order valence-corrected chi connectivity index (χ1v) is 12.4. The van der Waals surface area contributed by atoms with Gasteiger partial charge in [0.15, 0.2) is 0 Å². The predicted octanol–water partition coefficient (Wildman–Crippen LogP) is 7.95. The van der Waals surface area contributed by atoms with E-state index in [-0.39, 0.29) is 0 Å². The topological polar surface area (TPSA) is 14.1 Å².